The molecule has 1 saturated heterocycles. The van der Waals surface area contributed by atoms with E-state index in [0.717, 1.165) is 53.9 Å². The van der Waals surface area contributed by atoms with Crippen LogP contribution in [0.1, 0.15) is 17.5 Å². The van der Waals surface area contributed by atoms with E-state index in [9.17, 15) is 9.18 Å². The SMILES string of the molecule is Cc1ccc(NC(=O)CN2CCCN(Cc3ccccc3F)CC2)c(Br)c1. The first-order valence-electron chi connectivity index (χ1n) is 9.25. The summed E-state index contributed by atoms with van der Waals surface area (Å²) < 4.78 is 14.8. The molecule has 0 saturated carbocycles. The number of carbonyl (C=O) groups is 1. The summed E-state index contributed by atoms with van der Waals surface area (Å²) >= 11 is 3.49. The van der Waals surface area contributed by atoms with Gasteiger partial charge in [0.1, 0.15) is 5.82 Å². The van der Waals surface area contributed by atoms with Gasteiger partial charge in [-0.25, -0.2) is 4.39 Å². The van der Waals surface area contributed by atoms with E-state index in [4.69, 9.17) is 0 Å². The van der Waals surface area contributed by atoms with Crippen molar-refractivity contribution in [3.8, 4) is 0 Å². The van der Waals surface area contributed by atoms with Gasteiger partial charge in [0, 0.05) is 29.7 Å². The molecular formula is C21H25BrFN3O. The van der Waals surface area contributed by atoms with Gasteiger partial charge in [0.05, 0.1) is 12.2 Å². The summed E-state index contributed by atoms with van der Waals surface area (Å²) in [6, 6.07) is 12.8. The molecule has 6 heteroatoms. The summed E-state index contributed by atoms with van der Waals surface area (Å²) in [6.07, 6.45) is 0.968. The minimum atomic E-state index is -0.151. The van der Waals surface area contributed by atoms with Crippen LogP contribution in [-0.4, -0.2) is 48.4 Å². The van der Waals surface area contributed by atoms with Crippen molar-refractivity contribution < 1.29 is 9.18 Å². The maximum absolute atomic E-state index is 13.9. The number of nitrogens with one attached hydrogen (secondary N) is 1. The van der Waals surface area contributed by atoms with Crippen LogP contribution in [0, 0.1) is 12.7 Å². The molecule has 2 aromatic carbocycles. The number of anilines is 1. The zero-order chi connectivity index (χ0) is 19.2. The predicted octanol–water partition coefficient (Wildman–Crippen LogP) is 4.04. The highest BCUT2D eigenvalue weighted by Gasteiger charge is 2.18. The lowest BCUT2D eigenvalue weighted by atomic mass is 10.2. The molecule has 144 valence electrons. The third-order valence-electron chi connectivity index (χ3n) is 4.80. The van der Waals surface area contributed by atoms with Gasteiger partial charge in [-0.1, -0.05) is 24.3 Å². The Morgan fingerprint density at radius 1 is 1.11 bits per heavy atom. The van der Waals surface area contributed by atoms with Crippen LogP contribution >= 0.6 is 15.9 Å². The molecule has 1 N–H and O–H groups in total. The number of carbonyl (C=O) groups excluding carboxylic acids is 1. The Balaban J connectivity index is 1.50. The zero-order valence-electron chi connectivity index (χ0n) is 15.5. The molecule has 27 heavy (non-hydrogen) atoms. The number of nitrogens with zero attached hydrogens (tertiary/aromatic N) is 2. The number of halogens is 2. The molecule has 3 rings (SSSR count). The van der Waals surface area contributed by atoms with Crippen LogP contribution in [0.25, 0.3) is 0 Å². The van der Waals surface area contributed by atoms with E-state index in [1.165, 1.54) is 6.07 Å². The molecule has 1 aliphatic heterocycles. The highest BCUT2D eigenvalue weighted by Crippen LogP contribution is 2.23. The summed E-state index contributed by atoms with van der Waals surface area (Å²) in [5, 5.41) is 2.97. The van der Waals surface area contributed by atoms with Crippen LogP contribution in [0.4, 0.5) is 10.1 Å². The molecule has 2 aromatic rings. The van der Waals surface area contributed by atoms with Gasteiger partial charge in [0.25, 0.3) is 0 Å². The van der Waals surface area contributed by atoms with E-state index >= 15 is 0 Å². The Hall–Kier alpha value is -1.76. The fraction of sp³-hybridized carbons (Fsp3) is 0.381. The van der Waals surface area contributed by atoms with Crippen molar-refractivity contribution in [3.63, 3.8) is 0 Å². The molecule has 0 bridgehead atoms. The first-order chi connectivity index (χ1) is 13.0. The second kappa shape index (κ2) is 9.44. The maximum atomic E-state index is 13.9. The predicted molar refractivity (Wildman–Crippen MR) is 110 cm³/mol. The lowest BCUT2D eigenvalue weighted by molar-refractivity contribution is -0.117. The molecule has 0 aromatic heterocycles. The van der Waals surface area contributed by atoms with E-state index in [-0.39, 0.29) is 11.7 Å². The normalized spacial score (nSPS) is 16.1. The van der Waals surface area contributed by atoms with E-state index in [1.807, 2.05) is 37.3 Å². The van der Waals surface area contributed by atoms with Gasteiger partial charge in [-0.2, -0.15) is 0 Å². The average molecular weight is 434 g/mol. The second-order valence-corrected chi connectivity index (χ2v) is 7.88. The molecule has 0 unspecified atom stereocenters. The van der Waals surface area contributed by atoms with Crippen molar-refractivity contribution in [3.05, 3.63) is 63.9 Å². The van der Waals surface area contributed by atoms with Gasteiger partial charge in [0.2, 0.25) is 5.91 Å². The van der Waals surface area contributed by atoms with Crippen molar-refractivity contribution in [1.29, 1.82) is 0 Å². The number of aryl methyl sites for hydroxylation is 1. The summed E-state index contributed by atoms with van der Waals surface area (Å²) in [4.78, 5) is 16.8. The Bertz CT molecular complexity index is 799. The van der Waals surface area contributed by atoms with Crippen LogP contribution in [0.15, 0.2) is 46.9 Å². The molecule has 0 atom stereocenters. The van der Waals surface area contributed by atoms with Crippen LogP contribution in [-0.2, 0) is 11.3 Å². The van der Waals surface area contributed by atoms with E-state index < -0.39 is 0 Å². The van der Waals surface area contributed by atoms with Gasteiger partial charge in [-0.15, -0.1) is 0 Å². The quantitative estimate of drug-likeness (QED) is 0.772. The maximum Gasteiger partial charge on any atom is 0.238 e. The van der Waals surface area contributed by atoms with Crippen LogP contribution in [0.5, 0.6) is 0 Å². The molecule has 0 aliphatic carbocycles. The molecule has 1 aliphatic rings. The second-order valence-electron chi connectivity index (χ2n) is 7.03. The van der Waals surface area contributed by atoms with Gasteiger partial charge in [-0.3, -0.25) is 14.6 Å². The molecule has 0 radical (unpaired) electrons. The monoisotopic (exact) mass is 433 g/mol. The highest BCUT2D eigenvalue weighted by molar-refractivity contribution is 9.10. The fourth-order valence-electron chi connectivity index (χ4n) is 3.32. The first-order valence-corrected chi connectivity index (χ1v) is 10.0. The molecule has 0 spiro atoms. The number of amides is 1. The Morgan fingerprint density at radius 3 is 2.63 bits per heavy atom. The van der Waals surface area contributed by atoms with Crippen molar-refractivity contribution in [2.75, 3.05) is 38.0 Å². The molecule has 1 amide bonds. The van der Waals surface area contributed by atoms with Crippen LogP contribution in [0.3, 0.4) is 0 Å². The Kier molecular flexibility index (Phi) is 6.99. The smallest absolute Gasteiger partial charge is 0.238 e. The third kappa shape index (κ3) is 5.86. The minimum absolute atomic E-state index is 0.0119. The van der Waals surface area contributed by atoms with Crippen LogP contribution < -0.4 is 5.32 Å². The fourth-order valence-corrected chi connectivity index (χ4v) is 3.91. The van der Waals surface area contributed by atoms with Crippen molar-refractivity contribution in [2.24, 2.45) is 0 Å². The number of rotatable bonds is 5. The standard InChI is InChI=1S/C21H25BrFN3O/c1-16-7-8-20(18(22)13-16)24-21(27)15-26-10-4-9-25(11-12-26)14-17-5-2-3-6-19(17)23/h2-3,5-8,13H,4,9-12,14-15H2,1H3,(H,24,27). The summed E-state index contributed by atoms with van der Waals surface area (Å²) in [5.41, 5.74) is 2.66. The van der Waals surface area contributed by atoms with E-state index in [1.54, 1.807) is 6.07 Å². The largest absolute Gasteiger partial charge is 0.324 e. The van der Waals surface area contributed by atoms with Crippen molar-refractivity contribution in [1.82, 2.24) is 9.80 Å². The number of hydrogen-bond donors (Lipinski definition) is 1. The van der Waals surface area contributed by atoms with Crippen molar-refractivity contribution >= 4 is 27.5 Å². The number of benzene rings is 2. The topological polar surface area (TPSA) is 35.6 Å². The molecule has 1 heterocycles. The zero-order valence-corrected chi connectivity index (χ0v) is 17.1. The third-order valence-corrected chi connectivity index (χ3v) is 5.45. The molecule has 1 fully saturated rings. The van der Waals surface area contributed by atoms with Crippen LogP contribution in [0.2, 0.25) is 0 Å². The molecular weight excluding hydrogens is 409 g/mol. The van der Waals surface area contributed by atoms with E-state index in [0.29, 0.717) is 13.1 Å². The van der Waals surface area contributed by atoms with Gasteiger partial charge in [0.15, 0.2) is 0 Å². The average Bonchev–Trinajstić information content (AvgIpc) is 2.85. The Labute approximate surface area is 168 Å². The summed E-state index contributed by atoms with van der Waals surface area (Å²) in [5.74, 6) is -0.163. The van der Waals surface area contributed by atoms with Gasteiger partial charge < -0.3 is 5.32 Å². The van der Waals surface area contributed by atoms with Crippen molar-refractivity contribution in [2.45, 2.75) is 19.9 Å². The molecule has 4 nitrogen and oxygen atoms in total. The summed E-state index contributed by atoms with van der Waals surface area (Å²) in [6.45, 7) is 6.41. The first kappa shape index (κ1) is 20.0. The lowest BCUT2D eigenvalue weighted by Crippen LogP contribution is -2.36. The highest BCUT2D eigenvalue weighted by atomic mass is 79.9. The summed E-state index contributed by atoms with van der Waals surface area (Å²) in [7, 11) is 0. The Morgan fingerprint density at radius 2 is 1.85 bits per heavy atom. The van der Waals surface area contributed by atoms with E-state index in [2.05, 4.69) is 31.0 Å². The lowest BCUT2D eigenvalue weighted by Gasteiger charge is -2.22. The number of hydrogen-bond acceptors (Lipinski definition) is 3. The van der Waals surface area contributed by atoms with Gasteiger partial charge in [-0.05, 0) is 66.1 Å². The van der Waals surface area contributed by atoms with Gasteiger partial charge >= 0.3 is 0 Å². The minimum Gasteiger partial charge on any atom is -0.324 e.